The maximum Gasteiger partial charge on any atom is 0.266 e. The maximum atomic E-state index is 12.4. The molecule has 1 N–H and O–H groups in total. The summed E-state index contributed by atoms with van der Waals surface area (Å²) in [5, 5.41) is 12.5. The van der Waals surface area contributed by atoms with Crippen LogP contribution >= 0.6 is 11.6 Å². The Hall–Kier alpha value is -2.71. The van der Waals surface area contributed by atoms with Crippen molar-refractivity contribution in [3.8, 4) is 6.07 Å². The second-order valence-corrected chi connectivity index (χ2v) is 5.87. The molecule has 0 spiro atoms. The summed E-state index contributed by atoms with van der Waals surface area (Å²) in [7, 11) is 0. The minimum Gasteiger partial charge on any atom is -0.441 e. The fraction of sp³-hybridized carbons (Fsp3) is 0.263. The number of carbonyl (C=O) groups excluding carboxylic acids is 1. The molecule has 6 heteroatoms. The molecule has 1 heterocycles. The standard InChI is InChI=1S/C19H20ClN3O2/c1-4-23(5-2)18-9-8-16(25-18)10-14(12-21)19(24)22-17-11-15(20)7-6-13(17)3/h6-11H,4-5H2,1-3H3,(H,22,24)/b14-10-. The molecule has 2 rings (SSSR count). The van der Waals surface area contributed by atoms with Gasteiger partial charge in [0.1, 0.15) is 17.4 Å². The average molecular weight is 358 g/mol. The van der Waals surface area contributed by atoms with Gasteiger partial charge in [0.25, 0.3) is 5.91 Å². The molecule has 0 fully saturated rings. The Morgan fingerprint density at radius 2 is 2.04 bits per heavy atom. The highest BCUT2D eigenvalue weighted by Gasteiger charge is 2.13. The van der Waals surface area contributed by atoms with Crippen LogP contribution in [0.4, 0.5) is 11.6 Å². The summed E-state index contributed by atoms with van der Waals surface area (Å²) in [6.07, 6.45) is 1.43. The van der Waals surface area contributed by atoms with Gasteiger partial charge >= 0.3 is 0 Å². The van der Waals surface area contributed by atoms with Crippen LogP contribution in [-0.4, -0.2) is 19.0 Å². The number of furan rings is 1. The van der Waals surface area contributed by atoms with Crippen LogP contribution in [0.15, 0.2) is 40.3 Å². The second-order valence-electron chi connectivity index (χ2n) is 5.43. The minimum absolute atomic E-state index is 0.0418. The molecule has 1 aromatic carbocycles. The molecular formula is C19H20ClN3O2. The summed E-state index contributed by atoms with van der Waals surface area (Å²) in [5.74, 6) is 0.657. The van der Waals surface area contributed by atoms with Gasteiger partial charge in [0.2, 0.25) is 0 Å². The number of nitriles is 1. The van der Waals surface area contributed by atoms with Gasteiger partial charge in [-0.25, -0.2) is 0 Å². The molecule has 1 aromatic heterocycles. The van der Waals surface area contributed by atoms with E-state index in [4.69, 9.17) is 16.0 Å². The van der Waals surface area contributed by atoms with E-state index < -0.39 is 5.91 Å². The van der Waals surface area contributed by atoms with Crippen LogP contribution in [0.1, 0.15) is 25.2 Å². The number of benzene rings is 1. The Balaban J connectivity index is 2.21. The van der Waals surface area contributed by atoms with Crippen LogP contribution in [-0.2, 0) is 4.79 Å². The van der Waals surface area contributed by atoms with Crippen LogP contribution in [0.2, 0.25) is 5.02 Å². The molecule has 2 aromatic rings. The third-order valence-corrected chi connectivity index (χ3v) is 4.02. The van der Waals surface area contributed by atoms with Crippen LogP contribution in [0.25, 0.3) is 6.08 Å². The lowest BCUT2D eigenvalue weighted by molar-refractivity contribution is -0.112. The van der Waals surface area contributed by atoms with Gasteiger partial charge in [0.05, 0.1) is 0 Å². The van der Waals surface area contributed by atoms with Crippen LogP contribution < -0.4 is 10.2 Å². The highest BCUT2D eigenvalue weighted by atomic mass is 35.5. The third-order valence-electron chi connectivity index (χ3n) is 3.79. The molecule has 5 nitrogen and oxygen atoms in total. The van der Waals surface area contributed by atoms with Gasteiger partial charge in [-0.15, -0.1) is 0 Å². The molecule has 0 aliphatic heterocycles. The summed E-state index contributed by atoms with van der Waals surface area (Å²) in [6, 6.07) is 10.7. The van der Waals surface area contributed by atoms with Crippen molar-refractivity contribution in [1.29, 1.82) is 5.26 Å². The molecule has 130 valence electrons. The Kier molecular flexibility index (Phi) is 6.26. The van der Waals surface area contributed by atoms with Crippen molar-refractivity contribution in [1.82, 2.24) is 0 Å². The monoisotopic (exact) mass is 357 g/mol. The van der Waals surface area contributed by atoms with Crippen molar-refractivity contribution < 1.29 is 9.21 Å². The van der Waals surface area contributed by atoms with E-state index in [1.807, 2.05) is 37.8 Å². The van der Waals surface area contributed by atoms with Crippen molar-refractivity contribution in [3.63, 3.8) is 0 Å². The van der Waals surface area contributed by atoms with Gasteiger partial charge in [-0.2, -0.15) is 5.26 Å². The molecule has 1 amide bonds. The topological polar surface area (TPSA) is 69.3 Å². The van der Waals surface area contributed by atoms with E-state index in [0.717, 1.165) is 18.7 Å². The Morgan fingerprint density at radius 3 is 2.68 bits per heavy atom. The second kappa shape index (κ2) is 8.41. The lowest BCUT2D eigenvalue weighted by atomic mass is 10.1. The zero-order chi connectivity index (χ0) is 18.4. The van der Waals surface area contributed by atoms with E-state index in [2.05, 4.69) is 5.32 Å². The van der Waals surface area contributed by atoms with E-state index in [0.29, 0.717) is 22.4 Å². The van der Waals surface area contributed by atoms with Crippen molar-refractivity contribution in [3.05, 3.63) is 52.3 Å². The number of amides is 1. The van der Waals surface area contributed by atoms with Crippen molar-refractivity contribution in [2.45, 2.75) is 20.8 Å². The smallest absolute Gasteiger partial charge is 0.266 e. The highest BCUT2D eigenvalue weighted by Crippen LogP contribution is 2.22. The van der Waals surface area contributed by atoms with E-state index in [1.165, 1.54) is 6.08 Å². The lowest BCUT2D eigenvalue weighted by Crippen LogP contribution is -2.20. The molecule has 0 atom stereocenters. The van der Waals surface area contributed by atoms with Crippen LogP contribution in [0.3, 0.4) is 0 Å². The van der Waals surface area contributed by atoms with E-state index in [1.54, 1.807) is 24.3 Å². The highest BCUT2D eigenvalue weighted by molar-refractivity contribution is 6.31. The molecule has 0 saturated carbocycles. The average Bonchev–Trinajstić information content (AvgIpc) is 3.05. The van der Waals surface area contributed by atoms with Gasteiger partial charge < -0.3 is 14.6 Å². The summed E-state index contributed by atoms with van der Waals surface area (Å²) < 4.78 is 5.70. The fourth-order valence-corrected chi connectivity index (χ4v) is 2.51. The Labute approximate surface area is 152 Å². The van der Waals surface area contributed by atoms with Gasteiger partial charge in [-0.3, -0.25) is 4.79 Å². The molecule has 0 bridgehead atoms. The molecule has 0 aliphatic rings. The third kappa shape index (κ3) is 4.65. The zero-order valence-electron chi connectivity index (χ0n) is 14.5. The number of rotatable bonds is 6. The van der Waals surface area contributed by atoms with Gasteiger partial charge in [-0.1, -0.05) is 17.7 Å². The molecule has 25 heavy (non-hydrogen) atoms. The van der Waals surface area contributed by atoms with E-state index >= 15 is 0 Å². The van der Waals surface area contributed by atoms with Crippen molar-refractivity contribution in [2.75, 3.05) is 23.3 Å². The molecule has 0 radical (unpaired) electrons. The number of hydrogen-bond donors (Lipinski definition) is 1. The van der Waals surface area contributed by atoms with Gasteiger partial charge in [-0.05, 0) is 44.5 Å². The van der Waals surface area contributed by atoms with Gasteiger partial charge in [0, 0.05) is 35.9 Å². The SMILES string of the molecule is CCN(CC)c1ccc(/C=C(/C#N)C(=O)Nc2cc(Cl)ccc2C)o1. The van der Waals surface area contributed by atoms with E-state index in [9.17, 15) is 10.1 Å². The summed E-state index contributed by atoms with van der Waals surface area (Å²) >= 11 is 5.95. The first kappa shape index (κ1) is 18.6. The quantitative estimate of drug-likeness (QED) is 0.604. The first-order chi connectivity index (χ1) is 12.0. The summed E-state index contributed by atoms with van der Waals surface area (Å²) in [4.78, 5) is 14.4. The van der Waals surface area contributed by atoms with Gasteiger partial charge in [0.15, 0.2) is 5.88 Å². The lowest BCUT2D eigenvalue weighted by Gasteiger charge is -2.16. The molecular weight excluding hydrogens is 338 g/mol. The molecule has 0 saturated heterocycles. The number of nitrogens with one attached hydrogen (secondary N) is 1. The van der Waals surface area contributed by atoms with Crippen molar-refractivity contribution in [2.24, 2.45) is 0 Å². The molecule has 0 aliphatic carbocycles. The minimum atomic E-state index is -0.506. The van der Waals surface area contributed by atoms with Crippen LogP contribution in [0.5, 0.6) is 0 Å². The van der Waals surface area contributed by atoms with Crippen LogP contribution in [0, 0.1) is 18.3 Å². The zero-order valence-corrected chi connectivity index (χ0v) is 15.2. The normalized spacial score (nSPS) is 11.1. The summed E-state index contributed by atoms with van der Waals surface area (Å²) in [6.45, 7) is 7.54. The maximum absolute atomic E-state index is 12.4. The number of nitrogens with zero attached hydrogens (tertiary/aromatic N) is 2. The number of anilines is 2. The predicted molar refractivity (Wildman–Crippen MR) is 101 cm³/mol. The molecule has 0 unspecified atom stereocenters. The first-order valence-corrected chi connectivity index (χ1v) is 8.40. The fourth-order valence-electron chi connectivity index (χ4n) is 2.33. The van der Waals surface area contributed by atoms with E-state index in [-0.39, 0.29) is 5.57 Å². The summed E-state index contributed by atoms with van der Waals surface area (Å²) in [5.41, 5.74) is 1.39. The first-order valence-electron chi connectivity index (χ1n) is 8.02. The Morgan fingerprint density at radius 1 is 1.32 bits per heavy atom. The number of carbonyl (C=O) groups is 1. The largest absolute Gasteiger partial charge is 0.441 e. The number of hydrogen-bond acceptors (Lipinski definition) is 4. The van der Waals surface area contributed by atoms with Crippen molar-refractivity contribution >= 4 is 35.2 Å². The predicted octanol–water partition coefficient (Wildman–Crippen LogP) is 4.63. The Bertz CT molecular complexity index is 829. The number of aryl methyl sites for hydroxylation is 1. The number of halogens is 1.